The number of hydrogen-bond donors (Lipinski definition) is 1. The van der Waals surface area contributed by atoms with Gasteiger partial charge in [-0.3, -0.25) is 4.68 Å². The van der Waals surface area contributed by atoms with Crippen molar-refractivity contribution in [2.75, 3.05) is 6.54 Å². The van der Waals surface area contributed by atoms with Crippen molar-refractivity contribution < 1.29 is 0 Å². The molecular formula is C11H21N3. The second kappa shape index (κ2) is 5.15. The fourth-order valence-corrected chi connectivity index (χ4v) is 1.39. The van der Waals surface area contributed by atoms with E-state index in [-0.39, 0.29) is 0 Å². The maximum Gasteiger partial charge on any atom is 0.0519 e. The van der Waals surface area contributed by atoms with Crippen LogP contribution < -0.4 is 5.32 Å². The molecule has 14 heavy (non-hydrogen) atoms. The van der Waals surface area contributed by atoms with E-state index in [1.54, 1.807) is 0 Å². The fourth-order valence-electron chi connectivity index (χ4n) is 1.39. The zero-order valence-electron chi connectivity index (χ0n) is 9.62. The molecule has 1 atom stereocenters. The summed E-state index contributed by atoms with van der Waals surface area (Å²) in [4.78, 5) is 0. The van der Waals surface area contributed by atoms with Crippen LogP contribution in [0.25, 0.3) is 0 Å². The third-order valence-electron chi connectivity index (χ3n) is 2.30. The fraction of sp³-hybridized carbons (Fsp3) is 0.727. The molecule has 0 fully saturated rings. The zero-order valence-corrected chi connectivity index (χ0v) is 9.62. The van der Waals surface area contributed by atoms with E-state index in [9.17, 15) is 0 Å². The number of hydrogen-bond acceptors (Lipinski definition) is 2. The molecule has 1 N–H and O–H groups in total. The van der Waals surface area contributed by atoms with Gasteiger partial charge in [0, 0.05) is 12.2 Å². The van der Waals surface area contributed by atoms with Gasteiger partial charge in [0.1, 0.15) is 0 Å². The molecule has 0 saturated carbocycles. The Kier molecular flexibility index (Phi) is 4.14. The molecule has 0 saturated heterocycles. The van der Waals surface area contributed by atoms with Gasteiger partial charge in [0.15, 0.2) is 0 Å². The van der Waals surface area contributed by atoms with Crippen LogP contribution in [0.1, 0.15) is 38.8 Å². The molecule has 3 nitrogen and oxygen atoms in total. The SMILES string of the molecule is Cc1cnn(C(C)CCNC(C)C)c1. The molecular weight excluding hydrogens is 174 g/mol. The lowest BCUT2D eigenvalue weighted by atomic mass is 10.2. The first-order valence-electron chi connectivity index (χ1n) is 5.33. The lowest BCUT2D eigenvalue weighted by molar-refractivity contribution is 0.432. The summed E-state index contributed by atoms with van der Waals surface area (Å²) >= 11 is 0. The Bertz CT molecular complexity index is 265. The first-order chi connectivity index (χ1) is 6.59. The van der Waals surface area contributed by atoms with Gasteiger partial charge in [-0.25, -0.2) is 0 Å². The lowest BCUT2D eigenvalue weighted by Crippen LogP contribution is -2.25. The summed E-state index contributed by atoms with van der Waals surface area (Å²) in [6.07, 6.45) is 5.13. The minimum Gasteiger partial charge on any atom is -0.314 e. The Morgan fingerprint density at radius 1 is 1.43 bits per heavy atom. The number of aromatic nitrogens is 2. The van der Waals surface area contributed by atoms with Crippen molar-refractivity contribution in [1.82, 2.24) is 15.1 Å². The summed E-state index contributed by atoms with van der Waals surface area (Å²) in [6, 6.07) is 1.05. The van der Waals surface area contributed by atoms with Crippen molar-refractivity contribution in [3.05, 3.63) is 18.0 Å². The van der Waals surface area contributed by atoms with Crippen molar-refractivity contribution in [3.63, 3.8) is 0 Å². The summed E-state index contributed by atoms with van der Waals surface area (Å²) in [6.45, 7) is 9.67. The minimum atomic E-state index is 0.481. The van der Waals surface area contributed by atoms with Gasteiger partial charge in [0.25, 0.3) is 0 Å². The Morgan fingerprint density at radius 3 is 2.64 bits per heavy atom. The highest BCUT2D eigenvalue weighted by atomic mass is 15.3. The van der Waals surface area contributed by atoms with E-state index in [0.717, 1.165) is 13.0 Å². The average molecular weight is 195 g/mol. The van der Waals surface area contributed by atoms with Crippen LogP contribution in [0.15, 0.2) is 12.4 Å². The summed E-state index contributed by atoms with van der Waals surface area (Å²) in [5.74, 6) is 0. The molecule has 0 aliphatic heterocycles. The molecule has 3 heteroatoms. The Labute approximate surface area is 86.5 Å². The molecule has 1 unspecified atom stereocenters. The lowest BCUT2D eigenvalue weighted by Gasteiger charge is -2.14. The van der Waals surface area contributed by atoms with Gasteiger partial charge in [-0.05, 0) is 32.4 Å². The van der Waals surface area contributed by atoms with Gasteiger partial charge in [-0.1, -0.05) is 13.8 Å². The molecule has 0 bridgehead atoms. The highest BCUT2D eigenvalue weighted by Gasteiger charge is 2.05. The highest BCUT2D eigenvalue weighted by Crippen LogP contribution is 2.09. The first kappa shape index (κ1) is 11.2. The quantitative estimate of drug-likeness (QED) is 0.780. The van der Waals surface area contributed by atoms with E-state index in [2.05, 4.69) is 44.3 Å². The molecule has 1 aromatic rings. The molecule has 0 aliphatic rings. The van der Waals surface area contributed by atoms with Crippen molar-refractivity contribution in [2.24, 2.45) is 0 Å². The van der Waals surface area contributed by atoms with Crippen LogP contribution >= 0.6 is 0 Å². The summed E-state index contributed by atoms with van der Waals surface area (Å²) in [7, 11) is 0. The topological polar surface area (TPSA) is 29.9 Å². The van der Waals surface area contributed by atoms with Gasteiger partial charge in [-0.2, -0.15) is 5.10 Å². The molecule has 1 aromatic heterocycles. The van der Waals surface area contributed by atoms with Gasteiger partial charge in [0.2, 0.25) is 0 Å². The molecule has 1 rings (SSSR count). The van der Waals surface area contributed by atoms with E-state index >= 15 is 0 Å². The zero-order chi connectivity index (χ0) is 10.6. The third-order valence-corrected chi connectivity index (χ3v) is 2.30. The van der Waals surface area contributed by atoms with E-state index < -0.39 is 0 Å². The van der Waals surface area contributed by atoms with E-state index in [0.29, 0.717) is 12.1 Å². The second-order valence-electron chi connectivity index (χ2n) is 4.24. The Hall–Kier alpha value is -0.830. The smallest absolute Gasteiger partial charge is 0.0519 e. The van der Waals surface area contributed by atoms with Crippen molar-refractivity contribution in [3.8, 4) is 0 Å². The molecule has 0 amide bonds. The first-order valence-corrected chi connectivity index (χ1v) is 5.33. The monoisotopic (exact) mass is 195 g/mol. The molecule has 0 aliphatic carbocycles. The molecule has 0 radical (unpaired) electrons. The van der Waals surface area contributed by atoms with Crippen LogP contribution in [0.5, 0.6) is 0 Å². The van der Waals surface area contributed by atoms with Gasteiger partial charge >= 0.3 is 0 Å². The van der Waals surface area contributed by atoms with Crippen molar-refractivity contribution in [1.29, 1.82) is 0 Å². The Morgan fingerprint density at radius 2 is 2.14 bits per heavy atom. The third kappa shape index (κ3) is 3.50. The van der Waals surface area contributed by atoms with Gasteiger partial charge in [0.05, 0.1) is 12.2 Å². The minimum absolute atomic E-state index is 0.481. The van der Waals surface area contributed by atoms with Crippen LogP contribution in [-0.4, -0.2) is 22.4 Å². The summed E-state index contributed by atoms with van der Waals surface area (Å²) in [5.41, 5.74) is 1.23. The number of aryl methyl sites for hydroxylation is 1. The van der Waals surface area contributed by atoms with Gasteiger partial charge < -0.3 is 5.32 Å². The maximum absolute atomic E-state index is 4.30. The summed E-state index contributed by atoms with van der Waals surface area (Å²) < 4.78 is 2.04. The maximum atomic E-state index is 4.30. The number of rotatable bonds is 5. The van der Waals surface area contributed by atoms with Crippen molar-refractivity contribution in [2.45, 2.75) is 46.2 Å². The second-order valence-corrected chi connectivity index (χ2v) is 4.24. The predicted molar refractivity (Wildman–Crippen MR) is 59.4 cm³/mol. The van der Waals surface area contributed by atoms with E-state index in [1.807, 2.05) is 10.9 Å². The van der Waals surface area contributed by atoms with Crippen LogP contribution in [0.4, 0.5) is 0 Å². The predicted octanol–water partition coefficient (Wildman–Crippen LogP) is 2.14. The number of nitrogens with zero attached hydrogens (tertiary/aromatic N) is 2. The van der Waals surface area contributed by atoms with Crippen LogP contribution in [-0.2, 0) is 0 Å². The summed E-state index contributed by atoms with van der Waals surface area (Å²) in [5, 5.41) is 7.71. The number of nitrogens with one attached hydrogen (secondary N) is 1. The van der Waals surface area contributed by atoms with E-state index in [1.165, 1.54) is 5.56 Å². The molecule has 0 aromatic carbocycles. The standard InChI is InChI=1S/C11H21N3/c1-9(2)12-6-5-11(4)14-8-10(3)7-13-14/h7-9,11-12H,5-6H2,1-4H3. The van der Waals surface area contributed by atoms with Gasteiger partial charge in [-0.15, -0.1) is 0 Å². The molecule has 80 valence electrons. The van der Waals surface area contributed by atoms with Crippen LogP contribution in [0.3, 0.4) is 0 Å². The Balaban J connectivity index is 2.32. The molecule has 0 spiro atoms. The highest BCUT2D eigenvalue weighted by molar-refractivity contribution is 5.00. The van der Waals surface area contributed by atoms with Crippen LogP contribution in [0, 0.1) is 6.92 Å². The largest absolute Gasteiger partial charge is 0.314 e. The van der Waals surface area contributed by atoms with Crippen LogP contribution in [0.2, 0.25) is 0 Å². The average Bonchev–Trinajstić information content (AvgIpc) is 2.51. The van der Waals surface area contributed by atoms with E-state index in [4.69, 9.17) is 0 Å². The molecule has 1 heterocycles. The normalized spacial score (nSPS) is 13.5. The van der Waals surface area contributed by atoms with Crippen molar-refractivity contribution >= 4 is 0 Å².